The van der Waals surface area contributed by atoms with Crippen molar-refractivity contribution in [3.63, 3.8) is 0 Å². The molecule has 2 amide bonds. The number of fused-ring (bicyclic) bond motifs is 1. The van der Waals surface area contributed by atoms with Crippen molar-refractivity contribution in [2.45, 2.75) is 31.8 Å². The first-order valence-electron chi connectivity index (χ1n) is 9.28. The summed E-state index contributed by atoms with van der Waals surface area (Å²) >= 11 is 0. The number of esters is 1. The van der Waals surface area contributed by atoms with Crippen molar-refractivity contribution in [1.82, 2.24) is 5.32 Å². The lowest BCUT2D eigenvalue weighted by molar-refractivity contribution is -0.152. The number of nitrogens with one attached hydrogen (secondary N) is 1. The Morgan fingerprint density at radius 2 is 1.93 bits per heavy atom. The summed E-state index contributed by atoms with van der Waals surface area (Å²) in [6.45, 7) is 3.74. The summed E-state index contributed by atoms with van der Waals surface area (Å²) in [5, 5.41) is 3.21. The second-order valence-electron chi connectivity index (χ2n) is 7.30. The molecule has 0 spiro atoms. The minimum atomic E-state index is -1.29. The van der Waals surface area contributed by atoms with E-state index in [2.05, 4.69) is 5.32 Å². The minimum Gasteiger partial charge on any atom is -0.468 e. The maximum atomic E-state index is 13.4. The van der Waals surface area contributed by atoms with Crippen molar-refractivity contribution in [2.75, 3.05) is 12.0 Å². The molecule has 2 aromatic rings. The van der Waals surface area contributed by atoms with Crippen LogP contribution < -0.4 is 10.2 Å². The summed E-state index contributed by atoms with van der Waals surface area (Å²) in [7, 11) is 1.29. The molecule has 2 fully saturated rings. The molecule has 0 saturated carbocycles. The maximum absolute atomic E-state index is 13.4. The van der Waals surface area contributed by atoms with E-state index in [1.807, 2.05) is 19.1 Å². The Morgan fingerprint density at radius 3 is 2.50 bits per heavy atom. The van der Waals surface area contributed by atoms with E-state index < -0.39 is 35.3 Å². The Hall–Kier alpha value is -2.93. The van der Waals surface area contributed by atoms with Gasteiger partial charge in [0.25, 0.3) is 0 Å². The summed E-state index contributed by atoms with van der Waals surface area (Å²) in [6, 6.07) is 10.0. The molecule has 2 aliphatic heterocycles. The number of amides is 2. The number of hydrogen-bond donors (Lipinski definition) is 1. The molecule has 7 nitrogen and oxygen atoms in total. The van der Waals surface area contributed by atoms with Gasteiger partial charge in [-0.25, -0.2) is 4.90 Å². The van der Waals surface area contributed by atoms with Crippen molar-refractivity contribution in [3.05, 3.63) is 54.0 Å². The minimum absolute atomic E-state index is 0.304. The fraction of sp³-hybridized carbons (Fsp3) is 0.381. The third-order valence-corrected chi connectivity index (χ3v) is 5.90. The summed E-state index contributed by atoms with van der Waals surface area (Å²) in [4.78, 5) is 40.8. The Balaban J connectivity index is 1.84. The molecule has 2 saturated heterocycles. The van der Waals surface area contributed by atoms with Gasteiger partial charge >= 0.3 is 5.97 Å². The number of carbonyl (C=O) groups is 3. The van der Waals surface area contributed by atoms with Gasteiger partial charge in [0.05, 0.1) is 36.9 Å². The first-order chi connectivity index (χ1) is 13.4. The molecule has 146 valence electrons. The molecule has 3 heterocycles. The molecule has 2 aliphatic rings. The molecular weight excluding hydrogens is 360 g/mol. The van der Waals surface area contributed by atoms with E-state index in [1.165, 1.54) is 18.3 Å². The number of imide groups is 1. The zero-order valence-corrected chi connectivity index (χ0v) is 16.0. The van der Waals surface area contributed by atoms with Crippen LogP contribution in [0.25, 0.3) is 0 Å². The topological polar surface area (TPSA) is 88.8 Å². The lowest BCUT2D eigenvalue weighted by Gasteiger charge is -2.31. The molecular formula is C21H22N2O5. The zero-order valence-electron chi connectivity index (χ0n) is 16.0. The van der Waals surface area contributed by atoms with Gasteiger partial charge in [-0.05, 0) is 37.6 Å². The van der Waals surface area contributed by atoms with Gasteiger partial charge in [0.1, 0.15) is 11.3 Å². The van der Waals surface area contributed by atoms with Gasteiger partial charge in [-0.1, -0.05) is 24.6 Å². The normalized spacial score (nSPS) is 29.2. The summed E-state index contributed by atoms with van der Waals surface area (Å²) in [5.41, 5.74) is 0.238. The molecule has 4 rings (SSSR count). The number of carbonyl (C=O) groups excluding carboxylic acids is 3. The van der Waals surface area contributed by atoms with Crippen LogP contribution in [0.3, 0.4) is 0 Å². The Labute approximate surface area is 162 Å². The molecule has 0 aliphatic carbocycles. The van der Waals surface area contributed by atoms with E-state index in [9.17, 15) is 14.4 Å². The highest BCUT2D eigenvalue weighted by atomic mass is 16.5. The third-order valence-electron chi connectivity index (χ3n) is 5.90. The first-order valence-corrected chi connectivity index (χ1v) is 9.28. The van der Waals surface area contributed by atoms with Crippen LogP contribution in [0.4, 0.5) is 5.69 Å². The van der Waals surface area contributed by atoms with E-state index in [4.69, 9.17) is 9.15 Å². The van der Waals surface area contributed by atoms with E-state index in [1.54, 1.807) is 31.2 Å². The van der Waals surface area contributed by atoms with Crippen LogP contribution in [-0.2, 0) is 19.1 Å². The van der Waals surface area contributed by atoms with Crippen LogP contribution in [0.5, 0.6) is 0 Å². The van der Waals surface area contributed by atoms with E-state index >= 15 is 0 Å². The summed E-state index contributed by atoms with van der Waals surface area (Å²) in [5.74, 6) is -2.39. The van der Waals surface area contributed by atoms with Crippen molar-refractivity contribution in [2.24, 2.45) is 11.8 Å². The number of ether oxygens (including phenoxy) is 1. The molecule has 28 heavy (non-hydrogen) atoms. The monoisotopic (exact) mass is 382 g/mol. The van der Waals surface area contributed by atoms with Crippen LogP contribution in [0.1, 0.15) is 30.7 Å². The Bertz CT molecular complexity index is 921. The molecule has 7 heteroatoms. The highest BCUT2D eigenvalue weighted by Gasteiger charge is 2.68. The van der Waals surface area contributed by atoms with E-state index in [0.29, 0.717) is 17.9 Å². The zero-order chi connectivity index (χ0) is 20.1. The molecule has 0 radical (unpaired) electrons. The van der Waals surface area contributed by atoms with Gasteiger partial charge in [-0.15, -0.1) is 0 Å². The molecule has 1 aromatic heterocycles. The van der Waals surface area contributed by atoms with Gasteiger partial charge < -0.3 is 9.15 Å². The smallest absolute Gasteiger partial charge is 0.326 e. The van der Waals surface area contributed by atoms with Crippen molar-refractivity contribution >= 4 is 23.5 Å². The van der Waals surface area contributed by atoms with Crippen molar-refractivity contribution in [1.29, 1.82) is 0 Å². The summed E-state index contributed by atoms with van der Waals surface area (Å²) < 4.78 is 10.5. The molecule has 0 bridgehead atoms. The number of anilines is 1. The molecule has 1 N–H and O–H groups in total. The fourth-order valence-electron chi connectivity index (χ4n) is 4.50. The van der Waals surface area contributed by atoms with Crippen LogP contribution in [0.2, 0.25) is 0 Å². The van der Waals surface area contributed by atoms with E-state index in [0.717, 1.165) is 5.56 Å². The summed E-state index contributed by atoms with van der Waals surface area (Å²) in [6.07, 6.45) is 1.81. The van der Waals surface area contributed by atoms with Gasteiger partial charge in [0, 0.05) is 0 Å². The standard InChI is InChI=1S/C21H22N2O5/c1-4-21(20(26)27-3)16-15(17(22-21)14-6-5-11-28-14)18(24)23(19(16)25)13-9-7-12(2)8-10-13/h5-11,15-17,22H,4H2,1-3H3/t15-,16+,17+,21-/m0/s1. The highest BCUT2D eigenvalue weighted by Crippen LogP contribution is 2.51. The predicted octanol–water partition coefficient (Wildman–Crippen LogP) is 2.36. The van der Waals surface area contributed by atoms with Crippen LogP contribution in [0.15, 0.2) is 47.1 Å². The second kappa shape index (κ2) is 6.60. The number of nitrogens with zero attached hydrogens (tertiary/aromatic N) is 1. The van der Waals surface area contributed by atoms with E-state index in [-0.39, 0.29) is 5.91 Å². The van der Waals surface area contributed by atoms with Crippen LogP contribution >= 0.6 is 0 Å². The Kier molecular flexibility index (Phi) is 4.34. The lowest BCUT2D eigenvalue weighted by Crippen LogP contribution is -2.55. The van der Waals surface area contributed by atoms with Crippen LogP contribution in [0, 0.1) is 18.8 Å². The molecule has 4 atom stereocenters. The lowest BCUT2D eigenvalue weighted by atomic mass is 9.78. The number of rotatable bonds is 4. The predicted molar refractivity (Wildman–Crippen MR) is 100 cm³/mol. The first kappa shape index (κ1) is 18.4. The SMILES string of the molecule is CC[C@]1(C(=O)OC)N[C@H](c2ccco2)[C@H]2C(=O)N(c3ccc(C)cc3)C(=O)[C@@H]21. The number of benzene rings is 1. The third kappa shape index (κ3) is 2.43. The number of furan rings is 1. The average Bonchev–Trinajstić information content (AvgIpc) is 3.39. The van der Waals surface area contributed by atoms with Crippen LogP contribution in [-0.4, -0.2) is 30.4 Å². The quantitative estimate of drug-likeness (QED) is 0.645. The molecule has 0 unspecified atom stereocenters. The largest absolute Gasteiger partial charge is 0.468 e. The van der Waals surface area contributed by atoms with Crippen molar-refractivity contribution in [3.8, 4) is 0 Å². The van der Waals surface area contributed by atoms with Crippen molar-refractivity contribution < 1.29 is 23.5 Å². The number of methoxy groups -OCH3 is 1. The Morgan fingerprint density at radius 1 is 1.21 bits per heavy atom. The number of hydrogen-bond acceptors (Lipinski definition) is 6. The fourth-order valence-corrected chi connectivity index (χ4v) is 4.50. The van der Waals surface area contributed by atoms with Gasteiger partial charge in [-0.3, -0.25) is 19.7 Å². The van der Waals surface area contributed by atoms with Gasteiger partial charge in [-0.2, -0.15) is 0 Å². The maximum Gasteiger partial charge on any atom is 0.326 e. The van der Waals surface area contributed by atoms with Gasteiger partial charge in [0.2, 0.25) is 11.8 Å². The van der Waals surface area contributed by atoms with Gasteiger partial charge in [0.15, 0.2) is 0 Å². The second-order valence-corrected chi connectivity index (χ2v) is 7.30. The molecule has 1 aromatic carbocycles. The highest BCUT2D eigenvalue weighted by molar-refractivity contribution is 6.24. The average molecular weight is 382 g/mol. The number of aryl methyl sites for hydroxylation is 1.